The molecular formula is C24H38N2O7S. The first-order valence-electron chi connectivity index (χ1n) is 11.7. The van der Waals surface area contributed by atoms with Gasteiger partial charge >= 0.3 is 5.97 Å². The monoisotopic (exact) mass is 498 g/mol. The highest BCUT2D eigenvalue weighted by Crippen LogP contribution is 2.18. The minimum atomic E-state index is -4.47. The third kappa shape index (κ3) is 14.1. The van der Waals surface area contributed by atoms with E-state index in [1.54, 1.807) is 6.20 Å². The maximum absolute atomic E-state index is 12.1. The van der Waals surface area contributed by atoms with Crippen molar-refractivity contribution >= 4 is 16.4 Å². The van der Waals surface area contributed by atoms with Gasteiger partial charge in [0.15, 0.2) is 6.10 Å². The van der Waals surface area contributed by atoms with Crippen LogP contribution in [-0.2, 0) is 42.3 Å². The quantitative estimate of drug-likeness (QED) is 0.131. The van der Waals surface area contributed by atoms with Crippen molar-refractivity contribution in [2.45, 2.75) is 64.9 Å². The summed E-state index contributed by atoms with van der Waals surface area (Å²) in [6.07, 6.45) is 9.69. The van der Waals surface area contributed by atoms with Crippen molar-refractivity contribution in [3.8, 4) is 0 Å². The fraction of sp³-hybridized carbons (Fsp3) is 0.583. The van der Waals surface area contributed by atoms with Gasteiger partial charge in [-0.25, -0.2) is 18.0 Å². The summed E-state index contributed by atoms with van der Waals surface area (Å²) in [5.74, 6) is 0.532. The summed E-state index contributed by atoms with van der Waals surface area (Å²) in [5, 5.41) is 0. The van der Waals surface area contributed by atoms with Crippen LogP contribution in [0.2, 0.25) is 0 Å². The van der Waals surface area contributed by atoms with E-state index in [4.69, 9.17) is 9.47 Å². The molecule has 9 nitrogen and oxygen atoms in total. The Kier molecular flexibility index (Phi) is 15.1. The average molecular weight is 499 g/mol. The van der Waals surface area contributed by atoms with E-state index >= 15 is 0 Å². The van der Waals surface area contributed by atoms with Gasteiger partial charge in [0.2, 0.25) is 10.4 Å². The lowest BCUT2D eigenvalue weighted by atomic mass is 10.1. The highest BCUT2D eigenvalue weighted by molar-refractivity contribution is 7.80. The van der Waals surface area contributed by atoms with Gasteiger partial charge < -0.3 is 14.0 Å². The predicted molar refractivity (Wildman–Crippen MR) is 126 cm³/mol. The lowest BCUT2D eigenvalue weighted by molar-refractivity contribution is -0.677. The number of unbranched alkanes of at least 4 members (excludes halogenated alkanes) is 5. The summed E-state index contributed by atoms with van der Waals surface area (Å²) < 4.78 is 46.9. The third-order valence-electron chi connectivity index (χ3n) is 4.93. The number of nitrogens with zero attached hydrogens (tertiary/aromatic N) is 1. The second kappa shape index (κ2) is 17.2. The standard InChI is InChI=1S/C16H20N2O3.C8H18O4S/c1-3-20-12-14(13-7-5-4-6-8-13)21-16(19)11-15-17-9-10-18(15)2;1-2-3-4-5-6-7-8-12-13(9,10)11/h4-10,14H,3,11-12H2,1-2H3;2-8H2,1H3,(H,9,10,11)/t14-;/m1./s1. The molecule has 1 atom stereocenters. The predicted octanol–water partition coefficient (Wildman–Crippen LogP) is 3.53. The Balaban J connectivity index is 0.000000385. The first kappa shape index (κ1) is 29.8. The molecule has 2 aromatic rings. The number of aryl methyl sites for hydroxylation is 1. The van der Waals surface area contributed by atoms with E-state index in [1.807, 2.05) is 55.1 Å². The van der Waals surface area contributed by atoms with E-state index in [9.17, 15) is 17.8 Å². The third-order valence-corrected chi connectivity index (χ3v) is 5.38. The summed E-state index contributed by atoms with van der Waals surface area (Å²) >= 11 is 0. The minimum Gasteiger partial charge on any atom is -0.726 e. The number of esters is 1. The highest BCUT2D eigenvalue weighted by Gasteiger charge is 2.20. The average Bonchev–Trinajstić information content (AvgIpc) is 3.20. The number of hydrogen-bond acceptors (Lipinski definition) is 7. The van der Waals surface area contributed by atoms with Gasteiger partial charge in [-0.05, 0) is 18.9 Å². The molecule has 2 rings (SSSR count). The zero-order valence-electron chi connectivity index (χ0n) is 20.4. The van der Waals surface area contributed by atoms with Crippen LogP contribution in [0.5, 0.6) is 0 Å². The zero-order chi connectivity index (χ0) is 25.2. The molecule has 0 unspecified atom stereocenters. The Bertz CT molecular complexity index is 901. The number of benzene rings is 1. The van der Waals surface area contributed by atoms with Crippen LogP contribution >= 0.6 is 0 Å². The molecule has 1 heterocycles. The molecule has 0 aliphatic carbocycles. The van der Waals surface area contributed by atoms with Crippen LogP contribution in [0, 0.1) is 0 Å². The Morgan fingerprint density at radius 2 is 1.76 bits per heavy atom. The fourth-order valence-electron chi connectivity index (χ4n) is 3.08. The van der Waals surface area contributed by atoms with Crippen LogP contribution in [-0.4, -0.2) is 43.7 Å². The van der Waals surface area contributed by atoms with Crippen LogP contribution in [0.25, 0.3) is 0 Å². The van der Waals surface area contributed by atoms with Crippen LogP contribution in [0.1, 0.15) is 69.9 Å². The van der Waals surface area contributed by atoms with Gasteiger partial charge in [-0.2, -0.15) is 0 Å². The summed E-state index contributed by atoms with van der Waals surface area (Å²) in [5.41, 5.74) is 0.940. The van der Waals surface area contributed by atoms with Crippen molar-refractivity contribution < 1.29 is 36.0 Å². The number of aromatic amines is 1. The smallest absolute Gasteiger partial charge is 0.318 e. The van der Waals surface area contributed by atoms with E-state index < -0.39 is 10.4 Å². The van der Waals surface area contributed by atoms with Crippen LogP contribution in [0.15, 0.2) is 42.7 Å². The Hall–Kier alpha value is -2.27. The second-order valence-corrected chi connectivity index (χ2v) is 8.79. The largest absolute Gasteiger partial charge is 0.726 e. The number of rotatable bonds is 15. The van der Waals surface area contributed by atoms with Crippen molar-refractivity contribution in [2.75, 3.05) is 19.8 Å². The van der Waals surface area contributed by atoms with E-state index in [2.05, 4.69) is 16.1 Å². The molecule has 0 spiro atoms. The van der Waals surface area contributed by atoms with Crippen LogP contribution in [0.4, 0.5) is 0 Å². The molecule has 1 aromatic carbocycles. The lowest BCUT2D eigenvalue weighted by Gasteiger charge is -2.17. The van der Waals surface area contributed by atoms with Crippen molar-refractivity contribution in [1.29, 1.82) is 0 Å². The van der Waals surface area contributed by atoms with E-state index in [0.29, 0.717) is 19.6 Å². The number of H-pyrrole nitrogens is 1. The molecule has 0 saturated heterocycles. The molecule has 0 saturated carbocycles. The summed E-state index contributed by atoms with van der Waals surface area (Å²) in [4.78, 5) is 15.1. The first-order valence-corrected chi connectivity index (χ1v) is 13.0. The normalized spacial score (nSPS) is 12.0. The van der Waals surface area contributed by atoms with Gasteiger partial charge in [0.1, 0.15) is 18.8 Å². The van der Waals surface area contributed by atoms with Crippen LogP contribution < -0.4 is 4.57 Å². The molecule has 0 fully saturated rings. The van der Waals surface area contributed by atoms with E-state index in [-0.39, 0.29) is 25.1 Å². The van der Waals surface area contributed by atoms with Gasteiger partial charge in [0.05, 0.1) is 20.3 Å². The van der Waals surface area contributed by atoms with Gasteiger partial charge in [-0.3, -0.25) is 8.98 Å². The van der Waals surface area contributed by atoms with E-state index in [1.165, 1.54) is 19.3 Å². The molecule has 10 heteroatoms. The molecular weight excluding hydrogens is 460 g/mol. The number of hydrogen-bond donors (Lipinski definition) is 1. The van der Waals surface area contributed by atoms with Gasteiger partial charge in [-0.1, -0.05) is 69.4 Å². The second-order valence-electron chi connectivity index (χ2n) is 7.74. The topological polar surface area (TPSA) is 122 Å². The SMILES string of the molecule is CCCCCCCCOS(=O)(=O)[O-].CCOC[C@@H](OC(=O)Cc1[nH]cc[n+]1C)c1ccccc1. The van der Waals surface area contributed by atoms with E-state index in [0.717, 1.165) is 24.2 Å². The Morgan fingerprint density at radius 1 is 1.09 bits per heavy atom. The molecule has 0 amide bonds. The summed E-state index contributed by atoms with van der Waals surface area (Å²) in [6.45, 7) is 5.03. The lowest BCUT2D eigenvalue weighted by Crippen LogP contribution is -2.32. The molecule has 34 heavy (non-hydrogen) atoms. The number of nitrogens with one attached hydrogen (secondary N) is 1. The maximum atomic E-state index is 12.1. The molecule has 192 valence electrons. The number of aromatic nitrogens is 2. The molecule has 0 aliphatic heterocycles. The first-order chi connectivity index (χ1) is 16.3. The van der Waals surface area contributed by atoms with Gasteiger partial charge in [0, 0.05) is 6.61 Å². The van der Waals surface area contributed by atoms with Crippen molar-refractivity contribution in [3.05, 3.63) is 54.1 Å². The van der Waals surface area contributed by atoms with Crippen molar-refractivity contribution in [3.63, 3.8) is 0 Å². The number of carbonyl (C=O) groups excluding carboxylic acids is 1. The molecule has 1 aromatic heterocycles. The molecule has 0 bridgehead atoms. The fourth-order valence-corrected chi connectivity index (χ4v) is 3.41. The molecule has 0 radical (unpaired) electrons. The Labute approximate surface area is 203 Å². The van der Waals surface area contributed by atoms with Gasteiger partial charge in [-0.15, -0.1) is 0 Å². The highest BCUT2D eigenvalue weighted by atomic mass is 32.3. The van der Waals surface area contributed by atoms with Crippen molar-refractivity contribution in [2.24, 2.45) is 7.05 Å². The van der Waals surface area contributed by atoms with Crippen LogP contribution in [0.3, 0.4) is 0 Å². The summed E-state index contributed by atoms with van der Waals surface area (Å²) in [7, 11) is -2.59. The Morgan fingerprint density at radius 3 is 2.35 bits per heavy atom. The number of ether oxygens (including phenoxy) is 2. The van der Waals surface area contributed by atoms with Gasteiger partial charge in [0.25, 0.3) is 5.82 Å². The molecule has 1 N–H and O–H groups in total. The maximum Gasteiger partial charge on any atom is 0.318 e. The number of imidazole rings is 1. The molecule has 0 aliphatic rings. The zero-order valence-corrected chi connectivity index (χ0v) is 21.2. The summed E-state index contributed by atoms with van der Waals surface area (Å²) in [6, 6.07) is 9.65. The van der Waals surface area contributed by atoms with Crippen molar-refractivity contribution in [1.82, 2.24) is 4.98 Å². The number of carbonyl (C=O) groups is 1. The minimum absolute atomic E-state index is 0.0258.